The fourth-order valence-corrected chi connectivity index (χ4v) is 6.36. The number of amides is 1. The van der Waals surface area contributed by atoms with Gasteiger partial charge in [-0.3, -0.25) is 14.6 Å². The van der Waals surface area contributed by atoms with E-state index in [4.69, 9.17) is 0 Å². The number of Topliss-reactive ketones (excluding diaryl/α,β-unsaturated/α-hetero) is 1. The highest BCUT2D eigenvalue weighted by Crippen LogP contribution is 2.54. The average molecular weight is 483 g/mol. The van der Waals surface area contributed by atoms with Gasteiger partial charge < -0.3 is 10.4 Å². The second-order valence-corrected chi connectivity index (χ2v) is 10.6. The Labute approximate surface area is 213 Å². The molecule has 0 aliphatic heterocycles. The van der Waals surface area contributed by atoms with Crippen molar-refractivity contribution in [2.45, 2.75) is 69.8 Å². The molecule has 1 amide bonds. The minimum absolute atomic E-state index is 0.0825. The molecule has 1 aromatic heterocycles. The fourth-order valence-electron chi connectivity index (χ4n) is 6.36. The topological polar surface area (TPSA) is 79.3 Å². The van der Waals surface area contributed by atoms with Gasteiger partial charge in [-0.1, -0.05) is 43.3 Å². The maximum absolute atomic E-state index is 13.5. The molecule has 5 nitrogen and oxygen atoms in total. The second kappa shape index (κ2) is 9.62. The van der Waals surface area contributed by atoms with Crippen LogP contribution in [0.3, 0.4) is 0 Å². The van der Waals surface area contributed by atoms with E-state index >= 15 is 0 Å². The molecule has 5 rings (SSSR count). The summed E-state index contributed by atoms with van der Waals surface area (Å²) in [7, 11) is 0. The summed E-state index contributed by atoms with van der Waals surface area (Å²) in [4.78, 5) is 30.8. The Morgan fingerprint density at radius 1 is 1.11 bits per heavy atom. The Morgan fingerprint density at radius 2 is 1.92 bits per heavy atom. The maximum Gasteiger partial charge on any atom is 0.255 e. The number of aromatic nitrogens is 1. The number of carbonyl (C=O) groups excluding carboxylic acids is 2. The molecule has 1 fully saturated rings. The quantitative estimate of drug-likeness (QED) is 0.465. The Bertz CT molecular complexity index is 1290. The Hall–Kier alpha value is -3.31. The Morgan fingerprint density at radius 3 is 2.67 bits per heavy atom. The number of hydrogen-bond donors (Lipinski definition) is 2. The average Bonchev–Trinajstić information content (AvgIpc) is 3.00. The van der Waals surface area contributed by atoms with Gasteiger partial charge in [-0.05, 0) is 86.8 Å². The van der Waals surface area contributed by atoms with Crippen molar-refractivity contribution in [1.82, 2.24) is 4.98 Å². The number of ketones is 1. The molecule has 3 atom stereocenters. The van der Waals surface area contributed by atoms with Crippen LogP contribution in [0.4, 0.5) is 5.69 Å². The minimum Gasteiger partial charge on any atom is -0.390 e. The normalized spacial score (nSPS) is 25.4. The zero-order valence-corrected chi connectivity index (χ0v) is 21.1. The summed E-state index contributed by atoms with van der Waals surface area (Å²) in [5.74, 6) is 0.0296. The molecule has 3 aromatic rings. The van der Waals surface area contributed by atoms with Crippen molar-refractivity contribution in [2.75, 3.05) is 5.32 Å². The van der Waals surface area contributed by atoms with Crippen molar-refractivity contribution >= 4 is 17.4 Å². The van der Waals surface area contributed by atoms with Crippen molar-refractivity contribution in [2.24, 2.45) is 5.92 Å². The van der Waals surface area contributed by atoms with Gasteiger partial charge in [0, 0.05) is 29.2 Å². The van der Waals surface area contributed by atoms with E-state index in [2.05, 4.69) is 41.5 Å². The molecule has 1 saturated carbocycles. The number of benzene rings is 2. The molecule has 186 valence electrons. The van der Waals surface area contributed by atoms with Gasteiger partial charge in [-0.15, -0.1) is 0 Å². The summed E-state index contributed by atoms with van der Waals surface area (Å²) in [5.41, 5.74) is 3.87. The molecule has 2 N–H and O–H groups in total. The van der Waals surface area contributed by atoms with Crippen LogP contribution in [0.2, 0.25) is 0 Å². The first-order valence-electron chi connectivity index (χ1n) is 13.0. The molecule has 0 unspecified atom stereocenters. The van der Waals surface area contributed by atoms with Gasteiger partial charge in [0.15, 0.2) is 5.78 Å². The molecule has 0 saturated heterocycles. The van der Waals surface area contributed by atoms with Gasteiger partial charge in [0.1, 0.15) is 0 Å². The Kier molecular flexibility index (Phi) is 6.52. The molecule has 5 heteroatoms. The molecule has 1 heterocycles. The van der Waals surface area contributed by atoms with Crippen molar-refractivity contribution < 1.29 is 14.7 Å². The predicted molar refractivity (Wildman–Crippen MR) is 141 cm³/mol. The van der Waals surface area contributed by atoms with E-state index in [1.807, 2.05) is 31.2 Å². The van der Waals surface area contributed by atoms with E-state index in [-0.39, 0.29) is 23.0 Å². The number of nitrogens with zero attached hydrogens (tertiary/aromatic N) is 1. The highest BCUT2D eigenvalue weighted by atomic mass is 16.3. The van der Waals surface area contributed by atoms with Gasteiger partial charge >= 0.3 is 0 Å². The third-order valence-electron chi connectivity index (χ3n) is 8.56. The van der Waals surface area contributed by atoms with E-state index in [0.29, 0.717) is 36.1 Å². The van der Waals surface area contributed by atoms with E-state index in [1.165, 1.54) is 5.56 Å². The minimum atomic E-state index is -0.681. The summed E-state index contributed by atoms with van der Waals surface area (Å²) >= 11 is 0. The van der Waals surface area contributed by atoms with E-state index in [9.17, 15) is 14.7 Å². The highest BCUT2D eigenvalue weighted by molar-refractivity contribution is 6.07. The SMILES string of the molecule is CC[C@]1(O)CC[C@]2(Cc3ccccc3)c3ccc(C(=O)Nc4cccnc4C)cc3C(=O)CC[C@@H]2C1. The number of nitrogens with one attached hydrogen (secondary N) is 1. The lowest BCUT2D eigenvalue weighted by molar-refractivity contribution is -0.0496. The number of hydrogen-bond acceptors (Lipinski definition) is 4. The van der Waals surface area contributed by atoms with E-state index in [1.54, 1.807) is 18.3 Å². The molecular weight excluding hydrogens is 448 g/mol. The standard InChI is InChI=1S/C31H34N2O3/c1-3-30(36)15-16-31(19-22-8-5-4-6-9-22)24(20-30)12-14-28(34)25-18-23(11-13-26(25)31)29(35)33-27-10-7-17-32-21(27)2/h4-11,13,17-18,24,36H,3,12,14-16,19-20H2,1-2H3,(H,33,35)/t24-,30+,31-/m1/s1. The summed E-state index contributed by atoms with van der Waals surface area (Å²) < 4.78 is 0. The highest BCUT2D eigenvalue weighted by Gasteiger charge is 2.51. The molecule has 2 aliphatic carbocycles. The van der Waals surface area contributed by atoms with Crippen molar-refractivity contribution in [3.05, 3.63) is 94.8 Å². The molecule has 0 bridgehead atoms. The second-order valence-electron chi connectivity index (χ2n) is 10.6. The van der Waals surface area contributed by atoms with Crippen molar-refractivity contribution in [1.29, 1.82) is 0 Å². The first-order valence-corrected chi connectivity index (χ1v) is 13.0. The number of fused-ring (bicyclic) bond motifs is 3. The van der Waals surface area contributed by atoms with Crippen LogP contribution in [0.1, 0.15) is 83.0 Å². The van der Waals surface area contributed by atoms with Crippen LogP contribution >= 0.6 is 0 Å². The van der Waals surface area contributed by atoms with Crippen molar-refractivity contribution in [3.63, 3.8) is 0 Å². The largest absolute Gasteiger partial charge is 0.390 e. The summed E-state index contributed by atoms with van der Waals surface area (Å²) in [5, 5.41) is 14.2. The third-order valence-corrected chi connectivity index (χ3v) is 8.56. The molecule has 2 aliphatic rings. The van der Waals surface area contributed by atoms with Crippen LogP contribution in [-0.2, 0) is 11.8 Å². The predicted octanol–water partition coefficient (Wildman–Crippen LogP) is 6.04. The van der Waals surface area contributed by atoms with Crippen molar-refractivity contribution in [3.8, 4) is 0 Å². The molecule has 0 radical (unpaired) electrons. The lowest BCUT2D eigenvalue weighted by Crippen LogP contribution is -2.48. The summed E-state index contributed by atoms with van der Waals surface area (Å²) in [6, 6.07) is 19.7. The van der Waals surface area contributed by atoms with Crippen LogP contribution in [0.5, 0.6) is 0 Å². The first kappa shape index (κ1) is 24.4. The number of anilines is 1. The number of carbonyl (C=O) groups is 2. The maximum atomic E-state index is 13.5. The smallest absolute Gasteiger partial charge is 0.255 e. The van der Waals surface area contributed by atoms with Crippen LogP contribution in [0.15, 0.2) is 66.9 Å². The summed E-state index contributed by atoms with van der Waals surface area (Å²) in [6.45, 7) is 3.90. The number of rotatable bonds is 5. The molecule has 2 aromatic carbocycles. The van der Waals surface area contributed by atoms with Gasteiger partial charge in [-0.25, -0.2) is 0 Å². The molecule has 36 heavy (non-hydrogen) atoms. The van der Waals surface area contributed by atoms with Crippen LogP contribution in [0, 0.1) is 12.8 Å². The van der Waals surface area contributed by atoms with Gasteiger partial charge in [0.2, 0.25) is 0 Å². The van der Waals surface area contributed by atoms with Crippen LogP contribution in [-0.4, -0.2) is 27.4 Å². The number of pyridine rings is 1. The van der Waals surface area contributed by atoms with Gasteiger partial charge in [-0.2, -0.15) is 0 Å². The Balaban J connectivity index is 1.57. The lowest BCUT2D eigenvalue weighted by atomic mass is 9.55. The fraction of sp³-hybridized carbons (Fsp3) is 0.387. The zero-order valence-electron chi connectivity index (χ0n) is 21.1. The molecule has 0 spiro atoms. The van der Waals surface area contributed by atoms with E-state index in [0.717, 1.165) is 36.9 Å². The zero-order chi connectivity index (χ0) is 25.3. The van der Waals surface area contributed by atoms with Gasteiger partial charge in [0.25, 0.3) is 5.91 Å². The first-order chi connectivity index (χ1) is 17.3. The van der Waals surface area contributed by atoms with E-state index < -0.39 is 5.60 Å². The lowest BCUT2D eigenvalue weighted by Gasteiger charge is -2.50. The van der Waals surface area contributed by atoms with Crippen LogP contribution in [0.25, 0.3) is 0 Å². The molecular formula is C31H34N2O3. The monoisotopic (exact) mass is 482 g/mol. The van der Waals surface area contributed by atoms with Crippen LogP contribution < -0.4 is 5.32 Å². The van der Waals surface area contributed by atoms with Gasteiger partial charge in [0.05, 0.1) is 17.0 Å². The summed E-state index contributed by atoms with van der Waals surface area (Å²) in [6.07, 6.45) is 6.64. The number of aliphatic hydroxyl groups is 1. The number of aryl methyl sites for hydroxylation is 1. The third kappa shape index (κ3) is 4.48.